The quantitative estimate of drug-likeness (QED) is 0.398. The summed E-state index contributed by atoms with van der Waals surface area (Å²) in [7, 11) is 0. The fourth-order valence-corrected chi connectivity index (χ4v) is 5.36. The topological polar surface area (TPSA) is 119 Å². The number of nitrogens with zero attached hydrogens (tertiary/aromatic N) is 1. The minimum Gasteiger partial charge on any atom is -0.480 e. The summed E-state index contributed by atoms with van der Waals surface area (Å²) in [5, 5.41) is 25.3. The maximum atomic E-state index is 13.1. The number of thioether (sulfide) groups is 1. The van der Waals surface area contributed by atoms with Crippen LogP contribution in [-0.2, 0) is 20.8 Å². The van der Waals surface area contributed by atoms with Gasteiger partial charge in [-0.25, -0.2) is 0 Å². The molecular formula is C22H31N3O5S. The molecule has 1 aromatic carbocycles. The molecule has 2 aliphatic rings. The number of hydrogen-bond acceptors (Lipinski definition) is 6. The molecule has 9 heteroatoms. The maximum Gasteiger partial charge on any atom is 0.323 e. The minimum absolute atomic E-state index is 0.371. The van der Waals surface area contributed by atoms with Gasteiger partial charge in [0, 0.05) is 11.4 Å². The van der Waals surface area contributed by atoms with Gasteiger partial charge in [-0.1, -0.05) is 18.2 Å². The highest BCUT2D eigenvalue weighted by Crippen LogP contribution is 2.27. The second kappa shape index (κ2) is 11.5. The van der Waals surface area contributed by atoms with Crippen LogP contribution in [0.3, 0.4) is 0 Å². The Balaban J connectivity index is 1.60. The van der Waals surface area contributed by atoms with Gasteiger partial charge in [0.05, 0.1) is 6.04 Å². The summed E-state index contributed by atoms with van der Waals surface area (Å²) < 4.78 is 0. The second-order valence-corrected chi connectivity index (χ2v) is 9.30. The molecule has 2 heterocycles. The number of anilines is 1. The number of benzene rings is 1. The van der Waals surface area contributed by atoms with E-state index in [1.807, 2.05) is 12.1 Å². The van der Waals surface area contributed by atoms with E-state index in [0.29, 0.717) is 30.2 Å². The predicted octanol–water partition coefficient (Wildman–Crippen LogP) is 1.58. The number of carbonyl (C=O) groups excluding carboxylic acids is 1. The molecular weight excluding hydrogens is 418 g/mol. The van der Waals surface area contributed by atoms with Gasteiger partial charge in [0.25, 0.3) is 0 Å². The fraction of sp³-hybridized carbons (Fsp3) is 0.591. The zero-order valence-electron chi connectivity index (χ0n) is 17.6. The van der Waals surface area contributed by atoms with E-state index in [9.17, 15) is 24.6 Å². The van der Waals surface area contributed by atoms with Crippen LogP contribution in [0.2, 0.25) is 0 Å². The summed E-state index contributed by atoms with van der Waals surface area (Å²) in [4.78, 5) is 37.6. The highest BCUT2D eigenvalue weighted by molar-refractivity contribution is 7.99. The van der Waals surface area contributed by atoms with Crippen molar-refractivity contribution < 1.29 is 24.6 Å². The highest BCUT2D eigenvalue weighted by atomic mass is 32.2. The summed E-state index contributed by atoms with van der Waals surface area (Å²) in [5.74, 6) is -0.531. The smallest absolute Gasteiger partial charge is 0.323 e. The van der Waals surface area contributed by atoms with Gasteiger partial charge in [-0.2, -0.15) is 11.8 Å². The number of rotatable bonds is 10. The molecule has 1 saturated heterocycles. The Bertz CT molecular complexity index is 784. The Morgan fingerprint density at radius 2 is 1.94 bits per heavy atom. The molecule has 0 aliphatic carbocycles. The first-order chi connectivity index (χ1) is 15.0. The van der Waals surface area contributed by atoms with Crippen LogP contribution in [0, 0.1) is 5.92 Å². The number of fused-ring (bicyclic) bond motifs is 1. The Hall–Kier alpha value is -2.10. The van der Waals surface area contributed by atoms with E-state index in [-0.39, 0.29) is 0 Å². The summed E-state index contributed by atoms with van der Waals surface area (Å²) in [5.41, 5.74) is 1.48. The van der Waals surface area contributed by atoms with E-state index in [0.717, 1.165) is 43.7 Å². The van der Waals surface area contributed by atoms with Crippen molar-refractivity contribution in [1.82, 2.24) is 10.6 Å². The SMILES string of the molecule is O=C(O)CN1C(=O)C(N[C@@H](CSCCC2CCNCC2)C(=O)O)CCc2ccccc21. The van der Waals surface area contributed by atoms with Crippen LogP contribution in [0.25, 0.3) is 0 Å². The summed E-state index contributed by atoms with van der Waals surface area (Å²) in [6, 6.07) is 5.65. The van der Waals surface area contributed by atoms with Gasteiger partial charge >= 0.3 is 11.9 Å². The van der Waals surface area contributed by atoms with Crippen molar-refractivity contribution in [2.45, 2.75) is 44.2 Å². The van der Waals surface area contributed by atoms with E-state index in [1.54, 1.807) is 23.9 Å². The third kappa shape index (κ3) is 6.69. The van der Waals surface area contributed by atoms with Crippen molar-refractivity contribution in [3.05, 3.63) is 29.8 Å². The number of carbonyl (C=O) groups is 3. The van der Waals surface area contributed by atoms with Crippen LogP contribution in [0.5, 0.6) is 0 Å². The summed E-state index contributed by atoms with van der Waals surface area (Å²) in [6.45, 7) is 1.65. The average molecular weight is 450 g/mol. The van der Waals surface area contributed by atoms with Crippen LogP contribution in [0.1, 0.15) is 31.2 Å². The standard InChI is InChI=1S/C22H31N3O5S/c26-20(27)13-25-19-4-2-1-3-16(19)5-6-17(21(25)28)24-18(22(29)30)14-31-12-9-15-7-10-23-11-8-15/h1-4,15,17-18,23-24H,5-14H2,(H,26,27)(H,29,30)/t17?,18-/m0/s1. The second-order valence-electron chi connectivity index (χ2n) is 8.15. The van der Waals surface area contributed by atoms with E-state index in [4.69, 9.17) is 0 Å². The average Bonchev–Trinajstić information content (AvgIpc) is 2.88. The molecule has 1 aromatic rings. The van der Waals surface area contributed by atoms with E-state index < -0.39 is 36.5 Å². The van der Waals surface area contributed by atoms with Gasteiger partial charge in [-0.15, -0.1) is 0 Å². The third-order valence-corrected chi connectivity index (χ3v) is 7.05. The number of piperidine rings is 1. The van der Waals surface area contributed by atoms with Crippen LogP contribution >= 0.6 is 11.8 Å². The molecule has 0 saturated carbocycles. The highest BCUT2D eigenvalue weighted by Gasteiger charge is 2.34. The molecule has 1 fully saturated rings. The van der Waals surface area contributed by atoms with Gasteiger partial charge in [-0.3, -0.25) is 24.6 Å². The number of hydrogen-bond donors (Lipinski definition) is 4. The number of para-hydroxylation sites is 1. The molecule has 1 amide bonds. The number of aryl methyl sites for hydroxylation is 1. The third-order valence-electron chi connectivity index (χ3n) is 5.96. The fourth-order valence-electron chi connectivity index (χ4n) is 4.22. The normalized spacial score (nSPS) is 20.7. The summed E-state index contributed by atoms with van der Waals surface area (Å²) >= 11 is 1.59. The Morgan fingerprint density at radius 1 is 1.19 bits per heavy atom. The first-order valence-electron chi connectivity index (χ1n) is 10.8. The molecule has 170 valence electrons. The summed E-state index contributed by atoms with van der Waals surface area (Å²) in [6.07, 6.45) is 4.40. The van der Waals surface area contributed by atoms with Crippen molar-refractivity contribution in [2.75, 3.05) is 36.0 Å². The molecule has 4 N–H and O–H groups in total. The Kier molecular flexibility index (Phi) is 8.74. The molecule has 0 spiro atoms. The molecule has 0 bridgehead atoms. The lowest BCUT2D eigenvalue weighted by Gasteiger charge is -2.27. The Labute approximate surface area is 186 Å². The van der Waals surface area contributed by atoms with E-state index >= 15 is 0 Å². The van der Waals surface area contributed by atoms with Gasteiger partial charge in [-0.05, 0) is 68.5 Å². The first kappa shape index (κ1) is 23.6. The van der Waals surface area contributed by atoms with Crippen molar-refractivity contribution in [1.29, 1.82) is 0 Å². The molecule has 3 rings (SSSR count). The van der Waals surface area contributed by atoms with Gasteiger partial charge < -0.3 is 15.5 Å². The first-order valence-corrected chi connectivity index (χ1v) is 12.0. The van der Waals surface area contributed by atoms with E-state index in [2.05, 4.69) is 10.6 Å². The lowest BCUT2D eigenvalue weighted by Crippen LogP contribution is -2.53. The minimum atomic E-state index is -1.10. The van der Waals surface area contributed by atoms with Crippen molar-refractivity contribution in [3.63, 3.8) is 0 Å². The van der Waals surface area contributed by atoms with Crippen molar-refractivity contribution in [2.24, 2.45) is 5.92 Å². The van der Waals surface area contributed by atoms with Gasteiger partial charge in [0.15, 0.2) is 0 Å². The number of aliphatic carboxylic acids is 2. The number of carboxylic acid groups (broad SMARTS) is 2. The van der Waals surface area contributed by atoms with Crippen molar-refractivity contribution in [3.8, 4) is 0 Å². The van der Waals surface area contributed by atoms with Crippen LogP contribution in [0.4, 0.5) is 5.69 Å². The van der Waals surface area contributed by atoms with Crippen LogP contribution < -0.4 is 15.5 Å². The lowest BCUT2D eigenvalue weighted by atomic mass is 9.96. The molecule has 8 nitrogen and oxygen atoms in total. The molecule has 2 atom stereocenters. The predicted molar refractivity (Wildman–Crippen MR) is 121 cm³/mol. The zero-order valence-corrected chi connectivity index (χ0v) is 18.4. The Morgan fingerprint density at radius 3 is 2.65 bits per heavy atom. The number of carboxylic acids is 2. The maximum absolute atomic E-state index is 13.1. The lowest BCUT2D eigenvalue weighted by molar-refractivity contribution is -0.140. The zero-order chi connectivity index (χ0) is 22.2. The molecule has 1 unspecified atom stereocenters. The van der Waals surface area contributed by atoms with Crippen molar-refractivity contribution >= 4 is 35.3 Å². The van der Waals surface area contributed by atoms with E-state index in [1.165, 1.54) is 4.90 Å². The molecule has 0 radical (unpaired) electrons. The van der Waals surface area contributed by atoms with Gasteiger partial charge in [0.1, 0.15) is 12.6 Å². The number of nitrogens with one attached hydrogen (secondary N) is 2. The molecule has 31 heavy (non-hydrogen) atoms. The molecule has 0 aromatic heterocycles. The monoisotopic (exact) mass is 449 g/mol. The number of amides is 1. The molecule has 2 aliphatic heterocycles. The van der Waals surface area contributed by atoms with Gasteiger partial charge in [0.2, 0.25) is 5.91 Å². The van der Waals surface area contributed by atoms with Crippen LogP contribution in [0.15, 0.2) is 24.3 Å². The van der Waals surface area contributed by atoms with Crippen LogP contribution in [-0.4, -0.2) is 71.3 Å². The largest absolute Gasteiger partial charge is 0.480 e.